The van der Waals surface area contributed by atoms with E-state index in [4.69, 9.17) is 16.7 Å². The van der Waals surface area contributed by atoms with Crippen molar-refractivity contribution in [2.45, 2.75) is 38.3 Å². The maximum absolute atomic E-state index is 13.1. The molecule has 0 bridgehead atoms. The minimum atomic E-state index is -2.66. The van der Waals surface area contributed by atoms with E-state index in [-0.39, 0.29) is 24.3 Å². The summed E-state index contributed by atoms with van der Waals surface area (Å²) in [5.74, 6) is -0.848. The fourth-order valence-electron chi connectivity index (χ4n) is 3.35. The van der Waals surface area contributed by atoms with E-state index >= 15 is 0 Å². The fourth-order valence-corrected chi connectivity index (χ4v) is 3.52. The molecule has 1 aromatic heterocycles. The van der Waals surface area contributed by atoms with Crippen molar-refractivity contribution in [3.05, 3.63) is 35.0 Å². The van der Waals surface area contributed by atoms with Crippen LogP contribution in [0.2, 0.25) is 5.02 Å². The minimum absolute atomic E-state index is 0.0111. The third-order valence-corrected chi connectivity index (χ3v) is 4.98. The Morgan fingerprint density at radius 3 is 2.77 bits per heavy atom. The number of halogens is 3. The molecular weight excluding hydrogens is 364 g/mol. The van der Waals surface area contributed by atoms with Crippen molar-refractivity contribution < 1.29 is 18.7 Å². The van der Waals surface area contributed by atoms with Gasteiger partial charge in [0.25, 0.3) is 6.43 Å². The Bertz CT molecular complexity index is 812. The van der Waals surface area contributed by atoms with Gasteiger partial charge < -0.3 is 10.4 Å². The van der Waals surface area contributed by atoms with Crippen molar-refractivity contribution in [1.29, 1.82) is 0 Å². The number of hydrogen-bond acceptors (Lipinski definition) is 4. The summed E-state index contributed by atoms with van der Waals surface area (Å²) in [6.45, 7) is 2.60. The molecule has 1 saturated carbocycles. The molecule has 0 spiro atoms. The molecule has 0 saturated heterocycles. The van der Waals surface area contributed by atoms with Gasteiger partial charge in [-0.1, -0.05) is 18.5 Å². The second-order valence-electron chi connectivity index (χ2n) is 6.48. The van der Waals surface area contributed by atoms with Crippen LogP contribution in [-0.2, 0) is 4.79 Å². The molecule has 0 amide bonds. The number of hydrogen-bond donors (Lipinski definition) is 2. The van der Waals surface area contributed by atoms with E-state index in [0.29, 0.717) is 28.2 Å². The number of nitrogens with one attached hydrogen (secondary N) is 1. The number of aliphatic carboxylic acids is 1. The lowest BCUT2D eigenvalue weighted by Crippen LogP contribution is -2.51. The van der Waals surface area contributed by atoms with Crippen LogP contribution >= 0.6 is 11.6 Å². The summed E-state index contributed by atoms with van der Waals surface area (Å²) in [5.41, 5.74) is 0.767. The smallest absolute Gasteiger partial charge is 0.317 e. The normalized spacial score (nSPS) is 19.8. The number of aromatic nitrogens is 1. The van der Waals surface area contributed by atoms with E-state index in [2.05, 4.69) is 10.3 Å². The van der Waals surface area contributed by atoms with E-state index in [1.54, 1.807) is 18.2 Å². The van der Waals surface area contributed by atoms with Crippen molar-refractivity contribution in [1.82, 2.24) is 9.88 Å². The van der Waals surface area contributed by atoms with Crippen molar-refractivity contribution in [3.63, 3.8) is 0 Å². The van der Waals surface area contributed by atoms with E-state index in [9.17, 15) is 13.6 Å². The zero-order valence-corrected chi connectivity index (χ0v) is 15.0. The molecule has 1 aromatic carbocycles. The number of carbonyl (C=O) groups is 1. The first kappa shape index (κ1) is 18.8. The molecule has 5 nitrogen and oxygen atoms in total. The molecule has 1 aliphatic rings. The van der Waals surface area contributed by atoms with Crippen LogP contribution in [-0.4, -0.2) is 46.1 Å². The standard InChI is InChI=1S/C18H20ClF2N3O2/c1-2-24(9-17(25)26)12-6-11(7-12)22-15-8-16(18(20)21)23-14-4-3-10(19)5-13(14)15/h3-5,8,11-12,18H,2,6-7,9H2,1H3,(H,22,23)(H,25,26). The van der Waals surface area contributed by atoms with Crippen molar-refractivity contribution >= 4 is 34.2 Å². The lowest BCUT2D eigenvalue weighted by molar-refractivity contribution is -0.139. The molecule has 8 heteroatoms. The van der Waals surface area contributed by atoms with Crippen LogP contribution in [0.15, 0.2) is 24.3 Å². The van der Waals surface area contributed by atoms with Crippen LogP contribution in [0.5, 0.6) is 0 Å². The lowest BCUT2D eigenvalue weighted by Gasteiger charge is -2.42. The summed E-state index contributed by atoms with van der Waals surface area (Å²) in [6, 6.07) is 6.61. The van der Waals surface area contributed by atoms with Gasteiger partial charge in [0.2, 0.25) is 0 Å². The zero-order valence-electron chi connectivity index (χ0n) is 14.3. The molecule has 0 atom stereocenters. The van der Waals surface area contributed by atoms with Gasteiger partial charge in [0.05, 0.1) is 12.1 Å². The highest BCUT2D eigenvalue weighted by molar-refractivity contribution is 6.31. The van der Waals surface area contributed by atoms with Gasteiger partial charge in [-0.05, 0) is 43.7 Å². The first-order chi connectivity index (χ1) is 12.4. The predicted molar refractivity (Wildman–Crippen MR) is 97.0 cm³/mol. The number of rotatable bonds is 7. The van der Waals surface area contributed by atoms with Crippen LogP contribution in [0.1, 0.15) is 31.9 Å². The summed E-state index contributed by atoms with van der Waals surface area (Å²) in [5, 5.41) is 13.5. The summed E-state index contributed by atoms with van der Waals surface area (Å²) < 4.78 is 26.3. The molecule has 1 aliphatic carbocycles. The Morgan fingerprint density at radius 1 is 1.42 bits per heavy atom. The number of pyridine rings is 1. The highest BCUT2D eigenvalue weighted by atomic mass is 35.5. The van der Waals surface area contributed by atoms with Gasteiger partial charge >= 0.3 is 5.97 Å². The van der Waals surface area contributed by atoms with Crippen molar-refractivity contribution in [2.24, 2.45) is 0 Å². The van der Waals surface area contributed by atoms with Gasteiger partial charge in [-0.3, -0.25) is 9.69 Å². The highest BCUT2D eigenvalue weighted by Crippen LogP contribution is 2.34. The van der Waals surface area contributed by atoms with Crippen LogP contribution in [0.25, 0.3) is 10.9 Å². The van der Waals surface area contributed by atoms with Crippen LogP contribution < -0.4 is 5.32 Å². The Morgan fingerprint density at radius 2 is 2.15 bits per heavy atom. The van der Waals surface area contributed by atoms with Gasteiger partial charge in [0.1, 0.15) is 5.69 Å². The monoisotopic (exact) mass is 383 g/mol. The van der Waals surface area contributed by atoms with Crippen molar-refractivity contribution in [2.75, 3.05) is 18.4 Å². The Labute approximate surface area is 155 Å². The zero-order chi connectivity index (χ0) is 18.8. The first-order valence-electron chi connectivity index (χ1n) is 8.48. The summed E-state index contributed by atoms with van der Waals surface area (Å²) in [6.07, 6.45) is -1.14. The van der Waals surface area contributed by atoms with Gasteiger partial charge in [-0.15, -0.1) is 0 Å². The molecule has 2 aromatic rings. The van der Waals surface area contributed by atoms with E-state index < -0.39 is 12.4 Å². The number of benzene rings is 1. The largest absolute Gasteiger partial charge is 0.480 e. The minimum Gasteiger partial charge on any atom is -0.480 e. The second kappa shape index (κ2) is 7.72. The molecule has 140 valence electrons. The first-order valence-corrected chi connectivity index (χ1v) is 8.86. The third-order valence-electron chi connectivity index (χ3n) is 4.75. The number of likely N-dealkylation sites (N-methyl/N-ethyl adjacent to an activating group) is 1. The summed E-state index contributed by atoms with van der Waals surface area (Å²) in [7, 11) is 0. The highest BCUT2D eigenvalue weighted by Gasteiger charge is 2.34. The molecule has 0 radical (unpaired) electrons. The molecule has 3 rings (SSSR count). The average molecular weight is 384 g/mol. The quantitative estimate of drug-likeness (QED) is 0.751. The molecular formula is C18H20ClF2N3O2. The number of carboxylic acid groups (broad SMARTS) is 1. The van der Waals surface area contributed by atoms with Gasteiger partial charge in [-0.2, -0.15) is 0 Å². The van der Waals surface area contributed by atoms with Crippen LogP contribution in [0.4, 0.5) is 14.5 Å². The molecule has 2 N–H and O–H groups in total. The number of carboxylic acids is 1. The van der Waals surface area contributed by atoms with Crippen molar-refractivity contribution in [3.8, 4) is 0 Å². The van der Waals surface area contributed by atoms with Gasteiger partial charge in [0, 0.05) is 28.2 Å². The Balaban J connectivity index is 1.77. The second-order valence-corrected chi connectivity index (χ2v) is 6.92. The SMILES string of the molecule is CCN(CC(=O)O)C1CC(Nc2cc(C(F)F)nc3ccc(Cl)cc23)C1. The van der Waals surface area contributed by atoms with E-state index in [1.165, 1.54) is 6.07 Å². The van der Waals surface area contributed by atoms with E-state index in [1.807, 2.05) is 11.8 Å². The third kappa shape index (κ3) is 4.04. The fraction of sp³-hybridized carbons (Fsp3) is 0.444. The number of alkyl halides is 2. The topological polar surface area (TPSA) is 65.5 Å². The molecule has 26 heavy (non-hydrogen) atoms. The van der Waals surface area contributed by atoms with E-state index in [0.717, 1.165) is 12.8 Å². The summed E-state index contributed by atoms with van der Waals surface area (Å²) >= 11 is 6.04. The maximum atomic E-state index is 13.1. The molecule has 1 fully saturated rings. The lowest BCUT2D eigenvalue weighted by atomic mass is 9.85. The molecule has 1 heterocycles. The van der Waals surface area contributed by atoms with Crippen LogP contribution in [0, 0.1) is 0 Å². The number of anilines is 1. The van der Waals surface area contributed by atoms with Gasteiger partial charge in [0.15, 0.2) is 0 Å². The average Bonchev–Trinajstić information content (AvgIpc) is 2.55. The molecule has 0 unspecified atom stereocenters. The number of nitrogens with zero attached hydrogens (tertiary/aromatic N) is 2. The predicted octanol–water partition coefficient (Wildman–Crippen LogP) is 4.18. The Hall–Kier alpha value is -1.99. The Kier molecular flexibility index (Phi) is 5.58. The summed E-state index contributed by atoms with van der Waals surface area (Å²) in [4.78, 5) is 16.8. The van der Waals surface area contributed by atoms with Gasteiger partial charge in [-0.25, -0.2) is 13.8 Å². The molecule has 0 aliphatic heterocycles. The number of fused-ring (bicyclic) bond motifs is 1. The van der Waals surface area contributed by atoms with Crippen LogP contribution in [0.3, 0.4) is 0 Å². The maximum Gasteiger partial charge on any atom is 0.317 e.